The Morgan fingerprint density at radius 2 is 1.63 bits per heavy atom. The van der Waals surface area contributed by atoms with Gasteiger partial charge in [0.2, 0.25) is 0 Å². The second-order valence-corrected chi connectivity index (χ2v) is 6.68. The largest absolute Gasteiger partial charge is 0.310 e. The normalized spacial score (nSPS) is 25.3. The fourth-order valence-electron chi connectivity index (χ4n) is 3.25. The molecule has 2 rings (SSSR count). The summed E-state index contributed by atoms with van der Waals surface area (Å²) in [5.41, 5.74) is 4.17. The van der Waals surface area contributed by atoms with Gasteiger partial charge in [-0.25, -0.2) is 0 Å². The predicted molar refractivity (Wildman–Crippen MR) is 83.5 cm³/mol. The van der Waals surface area contributed by atoms with Gasteiger partial charge in [0.1, 0.15) is 0 Å². The number of rotatable bonds is 4. The first-order chi connectivity index (χ1) is 9.04. The van der Waals surface area contributed by atoms with E-state index in [9.17, 15) is 0 Å². The smallest absolute Gasteiger partial charge is 0.0292 e. The molecule has 19 heavy (non-hydrogen) atoms. The van der Waals surface area contributed by atoms with Crippen molar-refractivity contribution in [1.82, 2.24) is 5.32 Å². The number of hydrogen-bond acceptors (Lipinski definition) is 1. The van der Waals surface area contributed by atoms with Crippen molar-refractivity contribution in [3.05, 3.63) is 34.9 Å². The summed E-state index contributed by atoms with van der Waals surface area (Å²) < 4.78 is 0. The third-order valence-corrected chi connectivity index (χ3v) is 4.59. The zero-order valence-electron chi connectivity index (χ0n) is 13.0. The Kier molecular flexibility index (Phi) is 5.04. The molecule has 1 unspecified atom stereocenters. The summed E-state index contributed by atoms with van der Waals surface area (Å²) in [6.45, 7) is 10.2. The highest BCUT2D eigenvalue weighted by molar-refractivity contribution is 5.30. The van der Waals surface area contributed by atoms with Crippen LogP contribution in [-0.2, 0) is 0 Å². The van der Waals surface area contributed by atoms with Gasteiger partial charge in [0, 0.05) is 6.04 Å². The van der Waals surface area contributed by atoms with Gasteiger partial charge in [-0.2, -0.15) is 0 Å². The van der Waals surface area contributed by atoms with Crippen molar-refractivity contribution < 1.29 is 0 Å². The van der Waals surface area contributed by atoms with Crippen molar-refractivity contribution in [2.45, 2.75) is 59.4 Å². The summed E-state index contributed by atoms with van der Waals surface area (Å²) in [7, 11) is 0. The third kappa shape index (κ3) is 4.35. The van der Waals surface area contributed by atoms with Crippen LogP contribution in [0.5, 0.6) is 0 Å². The van der Waals surface area contributed by atoms with Gasteiger partial charge in [0.05, 0.1) is 0 Å². The van der Waals surface area contributed by atoms with Crippen molar-refractivity contribution in [1.29, 1.82) is 0 Å². The fourth-order valence-corrected chi connectivity index (χ4v) is 3.25. The highest BCUT2D eigenvalue weighted by Crippen LogP contribution is 2.28. The molecule has 1 nitrogen and oxygen atoms in total. The molecule has 0 heterocycles. The molecular weight excluding hydrogens is 230 g/mol. The lowest BCUT2D eigenvalue weighted by Gasteiger charge is -2.27. The molecule has 1 heteroatoms. The molecule has 0 bridgehead atoms. The van der Waals surface area contributed by atoms with Crippen LogP contribution in [0.3, 0.4) is 0 Å². The zero-order valence-corrected chi connectivity index (χ0v) is 13.0. The molecule has 1 N–H and O–H groups in total. The van der Waals surface area contributed by atoms with Crippen LogP contribution in [-0.4, -0.2) is 6.54 Å². The van der Waals surface area contributed by atoms with E-state index in [2.05, 4.69) is 51.2 Å². The third-order valence-electron chi connectivity index (χ3n) is 4.59. The van der Waals surface area contributed by atoms with Crippen LogP contribution in [0.25, 0.3) is 0 Å². The van der Waals surface area contributed by atoms with Gasteiger partial charge in [-0.15, -0.1) is 0 Å². The highest BCUT2D eigenvalue weighted by atomic mass is 14.9. The first-order valence-corrected chi connectivity index (χ1v) is 7.86. The zero-order chi connectivity index (χ0) is 13.8. The van der Waals surface area contributed by atoms with E-state index in [1.54, 1.807) is 0 Å². The van der Waals surface area contributed by atoms with Crippen LogP contribution < -0.4 is 5.32 Å². The van der Waals surface area contributed by atoms with Crippen molar-refractivity contribution >= 4 is 0 Å². The summed E-state index contributed by atoms with van der Waals surface area (Å²) in [4.78, 5) is 0. The van der Waals surface area contributed by atoms with Gasteiger partial charge in [-0.05, 0) is 57.6 Å². The monoisotopic (exact) mass is 259 g/mol. The Morgan fingerprint density at radius 3 is 2.21 bits per heavy atom. The molecule has 0 aromatic heterocycles. The predicted octanol–water partition coefficient (Wildman–Crippen LogP) is 4.78. The Hall–Kier alpha value is -0.820. The lowest BCUT2D eigenvalue weighted by atomic mass is 9.83. The van der Waals surface area contributed by atoms with Crippen molar-refractivity contribution in [3.63, 3.8) is 0 Å². The SMILES string of the molecule is Cc1cc(C)cc(C(C)NCC2CCC(C)CC2)c1. The minimum atomic E-state index is 0.470. The lowest BCUT2D eigenvalue weighted by Crippen LogP contribution is -2.28. The van der Waals surface area contributed by atoms with E-state index < -0.39 is 0 Å². The van der Waals surface area contributed by atoms with Crippen molar-refractivity contribution in [2.75, 3.05) is 6.54 Å². The van der Waals surface area contributed by atoms with E-state index in [1.165, 1.54) is 48.9 Å². The van der Waals surface area contributed by atoms with Crippen LogP contribution in [0.4, 0.5) is 0 Å². The molecule has 106 valence electrons. The fraction of sp³-hybridized carbons (Fsp3) is 0.667. The van der Waals surface area contributed by atoms with Gasteiger partial charge in [0.25, 0.3) is 0 Å². The maximum atomic E-state index is 3.74. The number of nitrogens with one attached hydrogen (secondary N) is 1. The summed E-state index contributed by atoms with van der Waals surface area (Å²) in [5, 5.41) is 3.74. The van der Waals surface area contributed by atoms with E-state index in [0.29, 0.717) is 6.04 Å². The summed E-state index contributed by atoms with van der Waals surface area (Å²) >= 11 is 0. The molecular formula is C18H29N. The van der Waals surface area contributed by atoms with Gasteiger partial charge >= 0.3 is 0 Å². The molecule has 1 saturated carbocycles. The average molecular weight is 259 g/mol. The minimum absolute atomic E-state index is 0.470. The van der Waals surface area contributed by atoms with Crippen LogP contribution in [0, 0.1) is 25.7 Å². The molecule has 0 amide bonds. The molecule has 1 fully saturated rings. The van der Waals surface area contributed by atoms with Crippen LogP contribution in [0.2, 0.25) is 0 Å². The first-order valence-electron chi connectivity index (χ1n) is 7.86. The molecule has 1 aromatic rings. The molecule has 0 aliphatic heterocycles. The molecule has 0 radical (unpaired) electrons. The summed E-state index contributed by atoms with van der Waals surface area (Å²) in [5.74, 6) is 1.85. The highest BCUT2D eigenvalue weighted by Gasteiger charge is 2.18. The second-order valence-electron chi connectivity index (χ2n) is 6.68. The number of benzene rings is 1. The molecule has 1 aliphatic carbocycles. The Balaban J connectivity index is 1.85. The van der Waals surface area contributed by atoms with E-state index >= 15 is 0 Å². The van der Waals surface area contributed by atoms with E-state index in [1.807, 2.05) is 0 Å². The molecule has 0 spiro atoms. The quantitative estimate of drug-likeness (QED) is 0.820. The van der Waals surface area contributed by atoms with Gasteiger partial charge in [0.15, 0.2) is 0 Å². The van der Waals surface area contributed by atoms with Crippen molar-refractivity contribution in [2.24, 2.45) is 11.8 Å². The first kappa shape index (κ1) is 14.6. The van der Waals surface area contributed by atoms with Crippen LogP contribution >= 0.6 is 0 Å². The summed E-state index contributed by atoms with van der Waals surface area (Å²) in [6, 6.07) is 7.35. The Morgan fingerprint density at radius 1 is 1.05 bits per heavy atom. The van der Waals surface area contributed by atoms with Crippen molar-refractivity contribution in [3.8, 4) is 0 Å². The molecule has 1 aliphatic rings. The van der Waals surface area contributed by atoms with Crippen LogP contribution in [0.1, 0.15) is 62.3 Å². The average Bonchev–Trinajstić information content (AvgIpc) is 2.36. The number of aryl methyl sites for hydroxylation is 2. The van der Waals surface area contributed by atoms with Gasteiger partial charge in [-0.1, -0.05) is 49.1 Å². The van der Waals surface area contributed by atoms with E-state index in [0.717, 1.165) is 11.8 Å². The molecule has 0 saturated heterocycles. The van der Waals surface area contributed by atoms with E-state index in [4.69, 9.17) is 0 Å². The van der Waals surface area contributed by atoms with Crippen LogP contribution in [0.15, 0.2) is 18.2 Å². The van der Waals surface area contributed by atoms with Gasteiger partial charge < -0.3 is 5.32 Å². The second kappa shape index (κ2) is 6.56. The standard InChI is InChI=1S/C18H29N/c1-13-5-7-17(8-6-13)12-19-16(4)18-10-14(2)9-15(3)11-18/h9-11,13,16-17,19H,5-8,12H2,1-4H3. The minimum Gasteiger partial charge on any atom is -0.310 e. The number of hydrogen-bond donors (Lipinski definition) is 1. The maximum Gasteiger partial charge on any atom is 0.0292 e. The van der Waals surface area contributed by atoms with E-state index in [-0.39, 0.29) is 0 Å². The lowest BCUT2D eigenvalue weighted by molar-refractivity contribution is 0.276. The Bertz CT molecular complexity index is 382. The maximum absolute atomic E-state index is 3.74. The van der Waals surface area contributed by atoms with Gasteiger partial charge in [-0.3, -0.25) is 0 Å². The molecule has 1 atom stereocenters. The topological polar surface area (TPSA) is 12.0 Å². The molecule has 1 aromatic carbocycles. The summed E-state index contributed by atoms with van der Waals surface area (Å²) in [6.07, 6.45) is 5.66. The Labute approximate surface area is 118 Å².